The number of furan rings is 1. The zero-order valence-corrected chi connectivity index (χ0v) is 35.7. The van der Waals surface area contributed by atoms with Crippen molar-refractivity contribution in [3.63, 3.8) is 0 Å². The number of fused-ring (bicyclic) bond motifs is 11. The third-order valence-corrected chi connectivity index (χ3v) is 14.3. The van der Waals surface area contributed by atoms with Gasteiger partial charge in [0, 0.05) is 38.5 Å². The lowest BCUT2D eigenvalue weighted by Crippen LogP contribution is -2.28. The summed E-state index contributed by atoms with van der Waals surface area (Å²) < 4.78 is 6.90. The van der Waals surface area contributed by atoms with E-state index in [-0.39, 0.29) is 5.41 Å². The Balaban J connectivity index is 1.14. The molecule has 2 nitrogen and oxygen atoms in total. The SMILES string of the molecule is CC1(C)c2ccccc2-c2ccc(N(c3ccc4c(c3)C(c3ccccc3)(c3ccccc3)c3ccccc3-4)c3cc4c(cc3-c3ccccc3)oc3c5ccccc5ccc43)cc21. The van der Waals surface area contributed by atoms with Gasteiger partial charge in [0.1, 0.15) is 11.2 Å². The minimum Gasteiger partial charge on any atom is -0.455 e. The maximum absolute atomic E-state index is 6.90. The van der Waals surface area contributed by atoms with Crippen molar-refractivity contribution in [2.45, 2.75) is 24.7 Å². The summed E-state index contributed by atoms with van der Waals surface area (Å²) in [6.45, 7) is 4.74. The highest BCUT2D eigenvalue weighted by Crippen LogP contribution is 2.58. The number of nitrogens with zero attached hydrogens (tertiary/aromatic N) is 1. The second-order valence-electron chi connectivity index (χ2n) is 18.0. The highest BCUT2D eigenvalue weighted by atomic mass is 16.3. The lowest BCUT2D eigenvalue weighted by atomic mass is 9.67. The molecular formula is C62H43NO. The maximum Gasteiger partial charge on any atom is 0.143 e. The lowest BCUT2D eigenvalue weighted by molar-refractivity contribution is 0.660. The Hall–Kier alpha value is -7.94. The van der Waals surface area contributed by atoms with Crippen LogP contribution in [0.15, 0.2) is 229 Å². The minimum absolute atomic E-state index is 0.184. The second-order valence-corrected chi connectivity index (χ2v) is 18.0. The van der Waals surface area contributed by atoms with Gasteiger partial charge in [0.25, 0.3) is 0 Å². The quantitative estimate of drug-likeness (QED) is 0.166. The van der Waals surface area contributed by atoms with Gasteiger partial charge in [-0.1, -0.05) is 196 Å². The third kappa shape index (κ3) is 5.14. The maximum atomic E-state index is 6.90. The molecule has 0 radical (unpaired) electrons. The van der Waals surface area contributed by atoms with E-state index >= 15 is 0 Å². The second kappa shape index (κ2) is 13.8. The molecule has 0 amide bonds. The van der Waals surface area contributed by atoms with Crippen LogP contribution >= 0.6 is 0 Å². The van der Waals surface area contributed by atoms with Crippen molar-refractivity contribution in [3.8, 4) is 33.4 Å². The Morgan fingerprint density at radius 1 is 0.375 bits per heavy atom. The molecule has 2 aliphatic carbocycles. The summed E-state index contributed by atoms with van der Waals surface area (Å²) in [6, 6.07) is 82.9. The van der Waals surface area contributed by atoms with Crippen molar-refractivity contribution < 1.29 is 4.42 Å². The van der Waals surface area contributed by atoms with Crippen LogP contribution in [-0.4, -0.2) is 0 Å². The van der Waals surface area contributed by atoms with Crippen LogP contribution in [-0.2, 0) is 10.8 Å². The van der Waals surface area contributed by atoms with Crippen LogP contribution in [0.5, 0.6) is 0 Å². The molecular weight excluding hydrogens is 775 g/mol. The Kier molecular flexibility index (Phi) is 7.90. The summed E-state index contributed by atoms with van der Waals surface area (Å²) in [6.07, 6.45) is 0. The molecule has 11 aromatic rings. The first-order chi connectivity index (χ1) is 31.5. The van der Waals surface area contributed by atoms with Crippen molar-refractivity contribution in [2.24, 2.45) is 0 Å². The molecule has 0 saturated carbocycles. The fraction of sp³-hybridized carbons (Fsp3) is 0.0645. The van der Waals surface area contributed by atoms with E-state index in [1.165, 1.54) is 61.0 Å². The van der Waals surface area contributed by atoms with E-state index in [9.17, 15) is 0 Å². The average molecular weight is 818 g/mol. The molecule has 0 atom stereocenters. The van der Waals surface area contributed by atoms with E-state index in [0.717, 1.165) is 55.5 Å². The van der Waals surface area contributed by atoms with Crippen molar-refractivity contribution in [3.05, 3.63) is 258 Å². The first-order valence-corrected chi connectivity index (χ1v) is 22.3. The van der Waals surface area contributed by atoms with E-state index in [2.05, 4.69) is 243 Å². The highest BCUT2D eigenvalue weighted by molar-refractivity contribution is 6.17. The monoisotopic (exact) mass is 817 g/mol. The summed E-state index contributed by atoms with van der Waals surface area (Å²) in [7, 11) is 0. The number of hydrogen-bond acceptors (Lipinski definition) is 2. The van der Waals surface area contributed by atoms with Gasteiger partial charge >= 0.3 is 0 Å². The van der Waals surface area contributed by atoms with Crippen LogP contribution in [0.25, 0.3) is 66.1 Å². The number of anilines is 3. The normalized spacial score (nSPS) is 14.0. The number of benzene rings is 10. The zero-order valence-electron chi connectivity index (χ0n) is 35.7. The van der Waals surface area contributed by atoms with Crippen LogP contribution in [0, 0.1) is 0 Å². The molecule has 0 fully saturated rings. The molecule has 1 heterocycles. The molecule has 0 aliphatic heterocycles. The van der Waals surface area contributed by atoms with E-state index < -0.39 is 5.41 Å². The third-order valence-electron chi connectivity index (χ3n) is 14.3. The van der Waals surface area contributed by atoms with Crippen LogP contribution in [0.2, 0.25) is 0 Å². The van der Waals surface area contributed by atoms with Crippen LogP contribution in [0.1, 0.15) is 47.2 Å². The number of hydrogen-bond donors (Lipinski definition) is 0. The smallest absolute Gasteiger partial charge is 0.143 e. The van der Waals surface area contributed by atoms with Gasteiger partial charge in [-0.05, 0) is 109 Å². The molecule has 2 heteroatoms. The highest BCUT2D eigenvalue weighted by Gasteiger charge is 2.46. The Labute approximate surface area is 373 Å². The van der Waals surface area contributed by atoms with Crippen LogP contribution in [0.3, 0.4) is 0 Å². The summed E-state index contributed by atoms with van der Waals surface area (Å²) in [5, 5.41) is 4.48. The largest absolute Gasteiger partial charge is 0.455 e. The molecule has 2 aliphatic rings. The Bertz CT molecular complexity index is 3600. The summed E-state index contributed by atoms with van der Waals surface area (Å²) >= 11 is 0. The van der Waals surface area contributed by atoms with Gasteiger partial charge in [-0.3, -0.25) is 0 Å². The Morgan fingerprint density at radius 3 is 1.62 bits per heavy atom. The van der Waals surface area contributed by atoms with Gasteiger partial charge in [0.2, 0.25) is 0 Å². The molecule has 0 N–H and O–H groups in total. The lowest BCUT2D eigenvalue weighted by Gasteiger charge is -2.35. The molecule has 0 saturated heterocycles. The van der Waals surface area contributed by atoms with Gasteiger partial charge in [0.05, 0.1) is 11.1 Å². The molecule has 13 rings (SSSR count). The van der Waals surface area contributed by atoms with E-state index in [4.69, 9.17) is 4.42 Å². The number of rotatable bonds is 6. The predicted octanol–water partition coefficient (Wildman–Crippen LogP) is 16.5. The topological polar surface area (TPSA) is 16.4 Å². The molecule has 64 heavy (non-hydrogen) atoms. The van der Waals surface area contributed by atoms with Gasteiger partial charge < -0.3 is 9.32 Å². The summed E-state index contributed by atoms with van der Waals surface area (Å²) in [5.74, 6) is 0. The predicted molar refractivity (Wildman–Crippen MR) is 266 cm³/mol. The fourth-order valence-electron chi connectivity index (χ4n) is 11.4. The van der Waals surface area contributed by atoms with Crippen LogP contribution in [0.4, 0.5) is 17.1 Å². The summed E-state index contributed by atoms with van der Waals surface area (Å²) in [5.41, 5.74) is 19.4. The van der Waals surface area contributed by atoms with Crippen molar-refractivity contribution >= 4 is 49.8 Å². The Morgan fingerprint density at radius 2 is 0.922 bits per heavy atom. The van der Waals surface area contributed by atoms with Gasteiger partial charge in [-0.2, -0.15) is 0 Å². The molecule has 1 aromatic heterocycles. The molecule has 302 valence electrons. The minimum atomic E-state index is -0.550. The first kappa shape index (κ1) is 36.7. The van der Waals surface area contributed by atoms with Gasteiger partial charge in [-0.15, -0.1) is 0 Å². The first-order valence-electron chi connectivity index (χ1n) is 22.3. The van der Waals surface area contributed by atoms with Gasteiger partial charge in [-0.25, -0.2) is 0 Å². The molecule has 0 bridgehead atoms. The van der Waals surface area contributed by atoms with Gasteiger partial charge in [0.15, 0.2) is 0 Å². The molecule has 0 spiro atoms. The van der Waals surface area contributed by atoms with E-state index in [1.807, 2.05) is 0 Å². The van der Waals surface area contributed by atoms with E-state index in [1.54, 1.807) is 0 Å². The molecule has 10 aromatic carbocycles. The van der Waals surface area contributed by atoms with E-state index in [0.29, 0.717) is 0 Å². The fourth-order valence-corrected chi connectivity index (χ4v) is 11.4. The van der Waals surface area contributed by atoms with Crippen molar-refractivity contribution in [1.29, 1.82) is 0 Å². The standard InChI is InChI=1S/C62H43NO/c1-61(2)54-28-16-14-26-47(54)49-34-31-44(36-56(49)61)63(58-38-53-51-33-30-41-20-12-13-25-46(41)60(51)64-59(53)39-52(58)40-18-6-3-7-19-40)45-32-35-50-48-27-15-17-29-55(48)62(57(50)37-45,42-21-8-4-9-22-42)43-23-10-5-11-24-43/h3-39H,1-2H3. The average Bonchev–Trinajstić information content (AvgIpc) is 3.95. The summed E-state index contributed by atoms with van der Waals surface area (Å²) in [4.78, 5) is 2.52. The molecule has 0 unspecified atom stereocenters. The van der Waals surface area contributed by atoms with Crippen molar-refractivity contribution in [1.82, 2.24) is 0 Å². The van der Waals surface area contributed by atoms with Crippen molar-refractivity contribution in [2.75, 3.05) is 4.90 Å². The van der Waals surface area contributed by atoms with Crippen LogP contribution < -0.4 is 4.90 Å². The zero-order chi connectivity index (χ0) is 42.6.